The van der Waals surface area contributed by atoms with E-state index in [9.17, 15) is 4.79 Å². The van der Waals surface area contributed by atoms with E-state index in [0.29, 0.717) is 24.5 Å². The fraction of sp³-hybridized carbons (Fsp3) is 0.500. The van der Waals surface area contributed by atoms with Crippen molar-refractivity contribution in [1.29, 1.82) is 0 Å². The molecule has 0 fully saturated rings. The number of nitrogens with one attached hydrogen (secondary N) is 1. The first-order chi connectivity index (χ1) is 9.12. The molecule has 0 saturated carbocycles. The number of hydrogen-bond donors (Lipinski definition) is 2. The maximum absolute atomic E-state index is 11.1. The highest BCUT2D eigenvalue weighted by Gasteiger charge is 2.20. The zero-order valence-electron chi connectivity index (χ0n) is 11.6. The van der Waals surface area contributed by atoms with Crippen LogP contribution in [0.1, 0.15) is 25.3 Å². The molecule has 5 heteroatoms. The molecule has 0 aromatic heterocycles. The van der Waals surface area contributed by atoms with Crippen LogP contribution in [0.5, 0.6) is 11.5 Å². The van der Waals surface area contributed by atoms with E-state index in [2.05, 4.69) is 5.32 Å². The largest absolute Gasteiger partial charge is 0.493 e. The van der Waals surface area contributed by atoms with Crippen LogP contribution in [0, 0.1) is 0 Å². The van der Waals surface area contributed by atoms with Crippen LogP contribution >= 0.6 is 0 Å². The van der Waals surface area contributed by atoms with Crippen LogP contribution in [0.4, 0.5) is 0 Å². The predicted octanol–water partition coefficient (Wildman–Crippen LogP) is 2.05. The third-order valence-electron chi connectivity index (χ3n) is 2.70. The molecule has 2 N–H and O–H groups in total. The third-order valence-corrected chi connectivity index (χ3v) is 2.70. The summed E-state index contributed by atoms with van der Waals surface area (Å²) in [6, 6.07) is 5.51. The van der Waals surface area contributed by atoms with E-state index in [0.717, 1.165) is 12.0 Å². The third kappa shape index (κ3) is 4.44. The molecule has 0 aliphatic rings. The van der Waals surface area contributed by atoms with Crippen molar-refractivity contribution in [2.24, 2.45) is 0 Å². The standard InChI is InChI=1S/C14H21NO4/c1-4-5-12(14(16)17)19-13-8-10(9-15-2)6-7-11(13)18-3/h6-8,12,15H,4-5,9H2,1-3H3,(H,16,17). The summed E-state index contributed by atoms with van der Waals surface area (Å²) in [6.07, 6.45) is 0.369. The number of hydrogen-bond acceptors (Lipinski definition) is 4. The molecule has 0 spiro atoms. The summed E-state index contributed by atoms with van der Waals surface area (Å²) >= 11 is 0. The minimum atomic E-state index is -0.956. The average Bonchev–Trinajstić information content (AvgIpc) is 2.39. The predicted molar refractivity (Wildman–Crippen MR) is 72.7 cm³/mol. The number of benzene rings is 1. The Bertz CT molecular complexity index is 420. The molecule has 1 atom stereocenters. The molecule has 0 amide bonds. The number of carboxylic acids is 1. The molecule has 1 aromatic carbocycles. The maximum atomic E-state index is 11.1. The topological polar surface area (TPSA) is 67.8 Å². The van der Waals surface area contributed by atoms with Crippen LogP contribution in [0.15, 0.2) is 18.2 Å². The van der Waals surface area contributed by atoms with E-state index in [-0.39, 0.29) is 0 Å². The number of carboxylic acid groups (broad SMARTS) is 1. The van der Waals surface area contributed by atoms with E-state index < -0.39 is 12.1 Å². The number of carbonyl (C=O) groups is 1. The number of ether oxygens (including phenoxy) is 2. The summed E-state index contributed by atoms with van der Waals surface area (Å²) in [6.45, 7) is 2.61. The van der Waals surface area contributed by atoms with Gasteiger partial charge in [-0.15, -0.1) is 0 Å². The van der Waals surface area contributed by atoms with E-state index in [1.165, 1.54) is 7.11 Å². The first kappa shape index (κ1) is 15.3. The number of methoxy groups -OCH3 is 1. The normalized spacial score (nSPS) is 11.9. The molecule has 0 radical (unpaired) electrons. The van der Waals surface area contributed by atoms with Gasteiger partial charge in [0.2, 0.25) is 0 Å². The van der Waals surface area contributed by atoms with Crippen molar-refractivity contribution in [1.82, 2.24) is 5.32 Å². The average molecular weight is 267 g/mol. The molecule has 106 valence electrons. The van der Waals surface area contributed by atoms with Crippen LogP contribution in [0.2, 0.25) is 0 Å². The SMILES string of the molecule is CCCC(Oc1cc(CNC)ccc1OC)C(=O)O. The molecular formula is C14H21NO4. The molecule has 0 bridgehead atoms. The fourth-order valence-corrected chi connectivity index (χ4v) is 1.78. The lowest BCUT2D eigenvalue weighted by atomic mass is 10.2. The Morgan fingerprint density at radius 2 is 2.16 bits per heavy atom. The second kappa shape index (κ2) is 7.63. The maximum Gasteiger partial charge on any atom is 0.344 e. The van der Waals surface area contributed by atoms with Crippen molar-refractivity contribution >= 4 is 5.97 Å². The van der Waals surface area contributed by atoms with Crippen LogP contribution in [0.25, 0.3) is 0 Å². The summed E-state index contributed by atoms with van der Waals surface area (Å²) in [5.74, 6) is 0.0567. The molecule has 0 heterocycles. The Kier molecular flexibility index (Phi) is 6.15. The fourth-order valence-electron chi connectivity index (χ4n) is 1.78. The molecular weight excluding hydrogens is 246 g/mol. The summed E-state index contributed by atoms with van der Waals surface area (Å²) in [5, 5.41) is 12.2. The molecule has 1 rings (SSSR count). The molecule has 5 nitrogen and oxygen atoms in total. The van der Waals surface area contributed by atoms with Gasteiger partial charge in [-0.05, 0) is 31.2 Å². The Hall–Kier alpha value is -1.75. The molecule has 0 aliphatic carbocycles. The van der Waals surface area contributed by atoms with Gasteiger partial charge in [0.15, 0.2) is 17.6 Å². The number of rotatable bonds is 8. The van der Waals surface area contributed by atoms with Crippen LogP contribution < -0.4 is 14.8 Å². The van der Waals surface area contributed by atoms with Crippen molar-refractivity contribution in [2.45, 2.75) is 32.4 Å². The first-order valence-corrected chi connectivity index (χ1v) is 6.33. The summed E-state index contributed by atoms with van der Waals surface area (Å²) in [4.78, 5) is 11.1. The van der Waals surface area contributed by atoms with Crippen LogP contribution in [-0.2, 0) is 11.3 Å². The molecule has 19 heavy (non-hydrogen) atoms. The molecule has 1 aromatic rings. The van der Waals surface area contributed by atoms with Crippen molar-refractivity contribution in [3.8, 4) is 11.5 Å². The Morgan fingerprint density at radius 3 is 2.68 bits per heavy atom. The lowest BCUT2D eigenvalue weighted by Gasteiger charge is -2.17. The van der Waals surface area contributed by atoms with E-state index in [4.69, 9.17) is 14.6 Å². The zero-order valence-corrected chi connectivity index (χ0v) is 11.6. The van der Waals surface area contributed by atoms with Gasteiger partial charge in [-0.2, -0.15) is 0 Å². The van der Waals surface area contributed by atoms with Crippen molar-refractivity contribution < 1.29 is 19.4 Å². The van der Waals surface area contributed by atoms with Gasteiger partial charge < -0.3 is 19.9 Å². The van der Waals surface area contributed by atoms with E-state index in [1.54, 1.807) is 12.1 Å². The second-order valence-corrected chi connectivity index (χ2v) is 4.25. The van der Waals surface area contributed by atoms with Gasteiger partial charge in [-0.1, -0.05) is 19.4 Å². The monoisotopic (exact) mass is 267 g/mol. The Balaban J connectivity index is 2.94. The molecule has 0 aliphatic heterocycles. The van der Waals surface area contributed by atoms with E-state index in [1.807, 2.05) is 20.0 Å². The van der Waals surface area contributed by atoms with Gasteiger partial charge in [-0.25, -0.2) is 4.79 Å². The van der Waals surface area contributed by atoms with Crippen LogP contribution in [-0.4, -0.2) is 31.3 Å². The van der Waals surface area contributed by atoms with Gasteiger partial charge >= 0.3 is 5.97 Å². The van der Waals surface area contributed by atoms with Crippen molar-refractivity contribution in [3.63, 3.8) is 0 Å². The Morgan fingerprint density at radius 1 is 1.42 bits per heavy atom. The minimum Gasteiger partial charge on any atom is -0.493 e. The molecule has 0 saturated heterocycles. The number of aliphatic carboxylic acids is 1. The smallest absolute Gasteiger partial charge is 0.344 e. The lowest BCUT2D eigenvalue weighted by Crippen LogP contribution is -2.27. The van der Waals surface area contributed by atoms with Crippen molar-refractivity contribution in [2.75, 3.05) is 14.2 Å². The first-order valence-electron chi connectivity index (χ1n) is 6.33. The highest BCUT2D eigenvalue weighted by Crippen LogP contribution is 2.29. The summed E-state index contributed by atoms with van der Waals surface area (Å²) in [5.41, 5.74) is 1.01. The quantitative estimate of drug-likeness (QED) is 0.754. The van der Waals surface area contributed by atoms with Crippen LogP contribution in [0.3, 0.4) is 0 Å². The zero-order chi connectivity index (χ0) is 14.3. The van der Waals surface area contributed by atoms with Gasteiger partial charge in [0, 0.05) is 6.54 Å². The van der Waals surface area contributed by atoms with E-state index >= 15 is 0 Å². The molecule has 1 unspecified atom stereocenters. The Labute approximate surface area is 113 Å². The van der Waals surface area contributed by atoms with Gasteiger partial charge in [0.1, 0.15) is 0 Å². The summed E-state index contributed by atoms with van der Waals surface area (Å²) in [7, 11) is 3.39. The summed E-state index contributed by atoms with van der Waals surface area (Å²) < 4.78 is 10.8. The van der Waals surface area contributed by atoms with Gasteiger partial charge in [-0.3, -0.25) is 0 Å². The lowest BCUT2D eigenvalue weighted by molar-refractivity contribution is -0.145. The van der Waals surface area contributed by atoms with Gasteiger partial charge in [0.25, 0.3) is 0 Å². The van der Waals surface area contributed by atoms with Crippen molar-refractivity contribution in [3.05, 3.63) is 23.8 Å². The highest BCUT2D eigenvalue weighted by atomic mass is 16.5. The minimum absolute atomic E-state index is 0.467. The highest BCUT2D eigenvalue weighted by molar-refractivity contribution is 5.72. The van der Waals surface area contributed by atoms with Gasteiger partial charge in [0.05, 0.1) is 7.11 Å². The second-order valence-electron chi connectivity index (χ2n) is 4.25.